The lowest BCUT2D eigenvalue weighted by Gasteiger charge is -2.07. The third-order valence-electron chi connectivity index (χ3n) is 2.60. The monoisotopic (exact) mass is 271 g/mol. The lowest BCUT2D eigenvalue weighted by atomic mass is 10.2. The molecule has 0 aliphatic heterocycles. The van der Waals surface area contributed by atoms with Crippen LogP contribution in [0.5, 0.6) is 5.75 Å². The summed E-state index contributed by atoms with van der Waals surface area (Å²) in [7, 11) is 0. The normalized spacial score (nSPS) is 10.1. The second kappa shape index (κ2) is 6.56. The van der Waals surface area contributed by atoms with Gasteiger partial charge in [-0.1, -0.05) is 6.92 Å². The first-order valence-electron chi connectivity index (χ1n) is 6.45. The minimum atomic E-state index is -0.271. The van der Waals surface area contributed by atoms with Gasteiger partial charge in [-0.25, -0.2) is 4.98 Å². The summed E-state index contributed by atoms with van der Waals surface area (Å²) >= 11 is 0. The lowest BCUT2D eigenvalue weighted by molar-refractivity contribution is 0.102. The van der Waals surface area contributed by atoms with Gasteiger partial charge in [0, 0.05) is 5.69 Å². The van der Waals surface area contributed by atoms with E-state index < -0.39 is 0 Å². The van der Waals surface area contributed by atoms with E-state index >= 15 is 0 Å². The number of aromatic nitrogens is 1. The zero-order valence-electron chi connectivity index (χ0n) is 11.3. The molecule has 1 aromatic carbocycles. The number of pyridine rings is 1. The minimum Gasteiger partial charge on any atom is -0.494 e. The first-order chi connectivity index (χ1) is 9.69. The van der Waals surface area contributed by atoms with Gasteiger partial charge in [-0.2, -0.15) is 0 Å². The van der Waals surface area contributed by atoms with Gasteiger partial charge in [0.15, 0.2) is 0 Å². The summed E-state index contributed by atoms with van der Waals surface area (Å²) in [6.45, 7) is 2.73. The molecule has 0 spiro atoms. The first kappa shape index (κ1) is 13.9. The number of hydrogen-bond acceptors (Lipinski definition) is 4. The minimum absolute atomic E-state index is 0.271. The topological polar surface area (TPSA) is 77.2 Å². The smallest absolute Gasteiger partial charge is 0.274 e. The van der Waals surface area contributed by atoms with Gasteiger partial charge in [-0.3, -0.25) is 4.79 Å². The van der Waals surface area contributed by atoms with Crippen LogP contribution in [0.3, 0.4) is 0 Å². The third-order valence-corrected chi connectivity index (χ3v) is 2.60. The maximum absolute atomic E-state index is 11.9. The fraction of sp³-hybridized carbons (Fsp3) is 0.200. The van der Waals surface area contributed by atoms with Crippen LogP contribution in [0, 0.1) is 0 Å². The van der Waals surface area contributed by atoms with Gasteiger partial charge in [0.05, 0.1) is 18.5 Å². The van der Waals surface area contributed by atoms with Crippen molar-refractivity contribution in [3.63, 3.8) is 0 Å². The van der Waals surface area contributed by atoms with Crippen LogP contribution < -0.4 is 15.8 Å². The number of rotatable bonds is 5. The van der Waals surface area contributed by atoms with Gasteiger partial charge < -0.3 is 15.8 Å². The fourth-order valence-electron chi connectivity index (χ4n) is 1.59. The Kier molecular flexibility index (Phi) is 4.55. The number of carbonyl (C=O) groups is 1. The number of nitrogens with one attached hydrogen (secondary N) is 1. The molecule has 5 heteroatoms. The summed E-state index contributed by atoms with van der Waals surface area (Å²) in [5.74, 6) is 0.516. The first-order valence-corrected chi connectivity index (χ1v) is 6.45. The standard InChI is InChI=1S/C15H17N3O2/c1-2-9-20-13-6-4-12(5-7-13)18-15(19)14-8-3-11(16)10-17-14/h3-8,10H,2,9,16H2,1H3,(H,18,19). The van der Waals surface area contributed by atoms with Crippen molar-refractivity contribution in [1.29, 1.82) is 0 Å². The van der Waals surface area contributed by atoms with E-state index in [9.17, 15) is 4.79 Å². The van der Waals surface area contributed by atoms with Crippen molar-refractivity contribution in [2.75, 3.05) is 17.7 Å². The van der Waals surface area contributed by atoms with Crippen molar-refractivity contribution in [3.05, 3.63) is 48.3 Å². The fourth-order valence-corrected chi connectivity index (χ4v) is 1.59. The lowest BCUT2D eigenvalue weighted by Crippen LogP contribution is -2.13. The molecule has 0 bridgehead atoms. The number of nitrogen functional groups attached to an aromatic ring is 1. The molecule has 0 aliphatic carbocycles. The van der Waals surface area contributed by atoms with Gasteiger partial charge in [-0.15, -0.1) is 0 Å². The second-order valence-corrected chi connectivity index (χ2v) is 4.30. The molecular formula is C15H17N3O2. The molecule has 3 N–H and O–H groups in total. The van der Waals surface area contributed by atoms with E-state index in [0.29, 0.717) is 23.7 Å². The van der Waals surface area contributed by atoms with E-state index in [2.05, 4.69) is 10.3 Å². The summed E-state index contributed by atoms with van der Waals surface area (Å²) in [5, 5.41) is 2.76. The molecule has 0 fully saturated rings. The van der Waals surface area contributed by atoms with Crippen LogP contribution in [0.1, 0.15) is 23.8 Å². The number of nitrogens with two attached hydrogens (primary N) is 1. The van der Waals surface area contributed by atoms with E-state index in [-0.39, 0.29) is 5.91 Å². The molecule has 0 aliphatic rings. The van der Waals surface area contributed by atoms with Crippen LogP contribution in [-0.4, -0.2) is 17.5 Å². The van der Waals surface area contributed by atoms with E-state index in [1.165, 1.54) is 6.20 Å². The molecule has 2 rings (SSSR count). The average molecular weight is 271 g/mol. The molecule has 0 radical (unpaired) electrons. The van der Waals surface area contributed by atoms with Crippen LogP contribution in [0.4, 0.5) is 11.4 Å². The molecule has 0 saturated carbocycles. The zero-order chi connectivity index (χ0) is 14.4. The quantitative estimate of drug-likeness (QED) is 0.876. The van der Waals surface area contributed by atoms with Crippen molar-refractivity contribution in [1.82, 2.24) is 4.98 Å². The number of benzene rings is 1. The highest BCUT2D eigenvalue weighted by atomic mass is 16.5. The number of anilines is 2. The Bertz CT molecular complexity index is 565. The van der Waals surface area contributed by atoms with Gasteiger partial charge in [0.25, 0.3) is 5.91 Å². The highest BCUT2D eigenvalue weighted by molar-refractivity contribution is 6.02. The maximum atomic E-state index is 11.9. The second-order valence-electron chi connectivity index (χ2n) is 4.30. The summed E-state index contributed by atoms with van der Waals surface area (Å²) in [5.41, 5.74) is 7.07. The van der Waals surface area contributed by atoms with Crippen molar-refractivity contribution in [2.45, 2.75) is 13.3 Å². The van der Waals surface area contributed by atoms with E-state index in [1.807, 2.05) is 19.1 Å². The molecule has 1 amide bonds. The number of hydrogen-bond donors (Lipinski definition) is 2. The van der Waals surface area contributed by atoms with E-state index in [1.54, 1.807) is 24.3 Å². The molecular weight excluding hydrogens is 254 g/mol. The molecule has 1 aromatic heterocycles. The van der Waals surface area contributed by atoms with Crippen molar-refractivity contribution in [2.24, 2.45) is 0 Å². The molecule has 0 unspecified atom stereocenters. The maximum Gasteiger partial charge on any atom is 0.274 e. The van der Waals surface area contributed by atoms with Crippen LogP contribution in [-0.2, 0) is 0 Å². The Balaban J connectivity index is 1.99. The molecule has 5 nitrogen and oxygen atoms in total. The van der Waals surface area contributed by atoms with Crippen LogP contribution in [0.2, 0.25) is 0 Å². The van der Waals surface area contributed by atoms with Crippen molar-refractivity contribution < 1.29 is 9.53 Å². The molecule has 2 aromatic rings. The molecule has 20 heavy (non-hydrogen) atoms. The van der Waals surface area contributed by atoms with Gasteiger partial charge in [-0.05, 0) is 42.8 Å². The van der Waals surface area contributed by atoms with Crippen molar-refractivity contribution >= 4 is 17.3 Å². The Labute approximate surface area is 117 Å². The van der Waals surface area contributed by atoms with Crippen LogP contribution >= 0.6 is 0 Å². The zero-order valence-corrected chi connectivity index (χ0v) is 11.3. The number of amides is 1. The molecule has 1 heterocycles. The Morgan fingerprint density at radius 3 is 2.60 bits per heavy atom. The number of carbonyl (C=O) groups excluding carboxylic acids is 1. The largest absolute Gasteiger partial charge is 0.494 e. The van der Waals surface area contributed by atoms with Crippen molar-refractivity contribution in [3.8, 4) is 5.75 Å². The van der Waals surface area contributed by atoms with Gasteiger partial charge in [0.2, 0.25) is 0 Å². The summed E-state index contributed by atoms with van der Waals surface area (Å²) in [6.07, 6.45) is 2.41. The Morgan fingerprint density at radius 2 is 2.00 bits per heavy atom. The summed E-state index contributed by atoms with van der Waals surface area (Å²) < 4.78 is 5.47. The molecule has 104 valence electrons. The van der Waals surface area contributed by atoms with Gasteiger partial charge in [0.1, 0.15) is 11.4 Å². The average Bonchev–Trinajstić information content (AvgIpc) is 2.47. The predicted molar refractivity (Wildman–Crippen MR) is 78.8 cm³/mol. The van der Waals surface area contributed by atoms with E-state index in [0.717, 1.165) is 12.2 Å². The molecule has 0 atom stereocenters. The Morgan fingerprint density at radius 1 is 1.25 bits per heavy atom. The highest BCUT2D eigenvalue weighted by Crippen LogP contribution is 2.16. The van der Waals surface area contributed by atoms with Gasteiger partial charge >= 0.3 is 0 Å². The molecule has 0 saturated heterocycles. The van der Waals surface area contributed by atoms with E-state index in [4.69, 9.17) is 10.5 Å². The third kappa shape index (κ3) is 3.71. The Hall–Kier alpha value is -2.56. The highest BCUT2D eigenvalue weighted by Gasteiger charge is 2.07. The SMILES string of the molecule is CCCOc1ccc(NC(=O)c2ccc(N)cn2)cc1. The number of nitrogens with zero attached hydrogens (tertiary/aromatic N) is 1. The number of ether oxygens (including phenoxy) is 1. The summed E-state index contributed by atoms with van der Waals surface area (Å²) in [6, 6.07) is 10.5. The predicted octanol–water partition coefficient (Wildman–Crippen LogP) is 2.70. The summed E-state index contributed by atoms with van der Waals surface area (Å²) in [4.78, 5) is 15.9. The van der Waals surface area contributed by atoms with Crippen LogP contribution in [0.15, 0.2) is 42.6 Å². The van der Waals surface area contributed by atoms with Crippen LogP contribution in [0.25, 0.3) is 0 Å².